The molecule has 0 N–H and O–H groups in total. The zero-order valence-electron chi connectivity index (χ0n) is 20.8. The van der Waals surface area contributed by atoms with Crippen LogP contribution < -0.4 is 10.4 Å². The van der Waals surface area contributed by atoms with Gasteiger partial charge in [-0.2, -0.15) is 0 Å². The van der Waals surface area contributed by atoms with E-state index in [1.165, 1.54) is 25.2 Å². The lowest BCUT2D eigenvalue weighted by Crippen LogP contribution is -2.57. The second-order valence-electron chi connectivity index (χ2n) is 11.8. The second kappa shape index (κ2) is 8.15. The molecular formula is C26H40O3Si2. The zero-order valence-corrected chi connectivity index (χ0v) is 22.8. The number of carbonyl (C=O) groups excluding carboxylic acids is 2. The third kappa shape index (κ3) is 4.04. The first kappa shape index (κ1) is 24.2. The summed E-state index contributed by atoms with van der Waals surface area (Å²) in [6.07, 6.45) is 4.60. The van der Waals surface area contributed by atoms with Crippen LogP contribution in [0.3, 0.4) is 0 Å². The first-order valence-corrected chi connectivity index (χ1v) is 18.7. The zero-order chi connectivity index (χ0) is 23.4. The van der Waals surface area contributed by atoms with E-state index in [-0.39, 0.29) is 11.7 Å². The van der Waals surface area contributed by atoms with Gasteiger partial charge in [0.25, 0.3) is 0 Å². The van der Waals surface area contributed by atoms with Crippen molar-refractivity contribution in [1.82, 2.24) is 0 Å². The standard InChI is InChI=1S/C26H40O3Si2/c1-17-10-12-21(26(17,18(2)27)25(28)29-3)13-11-19-14-20-15-23(30(4,5)6)24(16-22(19)20)31(7,8)9/h15-16,19,21H,1,10-14H2,2-9H3/t19?,21-,26+/m1/s1. The topological polar surface area (TPSA) is 43.4 Å². The number of hydrogen-bond donors (Lipinski definition) is 0. The van der Waals surface area contributed by atoms with Crippen LogP contribution in [0.4, 0.5) is 0 Å². The average molecular weight is 457 g/mol. The number of ether oxygens (including phenoxy) is 1. The first-order chi connectivity index (χ1) is 14.2. The molecule has 3 nitrogen and oxygen atoms in total. The highest BCUT2D eigenvalue weighted by Crippen LogP contribution is 2.52. The lowest BCUT2D eigenvalue weighted by atomic mass is 9.68. The smallest absolute Gasteiger partial charge is 0.323 e. The molecule has 0 bridgehead atoms. The Morgan fingerprint density at radius 2 is 1.65 bits per heavy atom. The molecular weight excluding hydrogens is 416 g/mol. The van der Waals surface area contributed by atoms with E-state index in [2.05, 4.69) is 58.0 Å². The lowest BCUT2D eigenvalue weighted by Gasteiger charge is -2.38. The highest BCUT2D eigenvalue weighted by Gasteiger charge is 2.56. The van der Waals surface area contributed by atoms with Crippen LogP contribution in [0.5, 0.6) is 0 Å². The number of fused-ring (bicyclic) bond motifs is 1. The van der Waals surface area contributed by atoms with Crippen molar-refractivity contribution in [2.24, 2.45) is 11.3 Å². The lowest BCUT2D eigenvalue weighted by molar-refractivity contribution is -0.157. The Morgan fingerprint density at radius 1 is 1.06 bits per heavy atom. The SMILES string of the molecule is C=C1CC[C@H](CCC2Cc3cc([Si](C)(C)C)c([Si](C)(C)C)cc32)[C@]1(C(C)=O)C(=O)OC. The van der Waals surface area contributed by atoms with Gasteiger partial charge < -0.3 is 4.74 Å². The predicted octanol–water partition coefficient (Wildman–Crippen LogP) is 4.91. The molecule has 1 aromatic carbocycles. The van der Waals surface area contributed by atoms with Gasteiger partial charge in [-0.25, -0.2) is 0 Å². The summed E-state index contributed by atoms with van der Waals surface area (Å²) in [5, 5.41) is 3.29. The molecule has 1 saturated carbocycles. The third-order valence-electron chi connectivity index (χ3n) is 7.69. The van der Waals surface area contributed by atoms with Crippen molar-refractivity contribution < 1.29 is 14.3 Å². The minimum absolute atomic E-state index is 0.00622. The van der Waals surface area contributed by atoms with E-state index in [1.807, 2.05) is 0 Å². The minimum Gasteiger partial charge on any atom is -0.468 e. The van der Waals surface area contributed by atoms with E-state index in [0.717, 1.165) is 37.7 Å². The van der Waals surface area contributed by atoms with E-state index >= 15 is 0 Å². The van der Waals surface area contributed by atoms with Crippen molar-refractivity contribution in [3.05, 3.63) is 35.4 Å². The number of benzene rings is 1. The number of esters is 1. The van der Waals surface area contributed by atoms with Crippen LogP contribution in [0.2, 0.25) is 39.3 Å². The van der Waals surface area contributed by atoms with E-state index in [4.69, 9.17) is 4.74 Å². The van der Waals surface area contributed by atoms with Gasteiger partial charge in [0.2, 0.25) is 0 Å². The van der Waals surface area contributed by atoms with Crippen LogP contribution in [-0.4, -0.2) is 35.0 Å². The van der Waals surface area contributed by atoms with E-state index in [0.29, 0.717) is 5.92 Å². The summed E-state index contributed by atoms with van der Waals surface area (Å²) in [5.74, 6) is 0.0210. The maximum Gasteiger partial charge on any atom is 0.323 e. The highest BCUT2D eigenvalue weighted by molar-refractivity contribution is 6.98. The molecule has 5 heteroatoms. The monoisotopic (exact) mass is 456 g/mol. The van der Waals surface area contributed by atoms with Crippen LogP contribution in [0.1, 0.15) is 49.7 Å². The Morgan fingerprint density at radius 3 is 2.16 bits per heavy atom. The van der Waals surface area contributed by atoms with Crippen LogP contribution in [0.25, 0.3) is 0 Å². The number of Topliss-reactive ketones (excluding diaryl/α,β-unsaturated/α-hetero) is 1. The molecule has 3 atom stereocenters. The van der Waals surface area contributed by atoms with E-state index in [1.54, 1.807) is 10.4 Å². The maximum absolute atomic E-state index is 12.7. The molecule has 0 aliphatic heterocycles. The normalized spacial score (nSPS) is 25.7. The predicted molar refractivity (Wildman–Crippen MR) is 135 cm³/mol. The van der Waals surface area contributed by atoms with Crippen molar-refractivity contribution in [3.63, 3.8) is 0 Å². The Balaban J connectivity index is 1.85. The van der Waals surface area contributed by atoms with Crippen molar-refractivity contribution in [2.45, 2.75) is 84.2 Å². The summed E-state index contributed by atoms with van der Waals surface area (Å²) < 4.78 is 5.09. The maximum atomic E-state index is 12.7. The Hall–Kier alpha value is -1.47. The molecule has 3 rings (SSSR count). The Labute approximate surface area is 190 Å². The van der Waals surface area contributed by atoms with Gasteiger partial charge in [0.15, 0.2) is 5.78 Å². The molecule has 0 amide bonds. The van der Waals surface area contributed by atoms with Gasteiger partial charge in [0, 0.05) is 0 Å². The van der Waals surface area contributed by atoms with Crippen LogP contribution in [0.15, 0.2) is 24.3 Å². The van der Waals surface area contributed by atoms with Gasteiger partial charge in [0.1, 0.15) is 5.41 Å². The fraction of sp³-hybridized carbons (Fsp3) is 0.615. The average Bonchev–Trinajstić information content (AvgIpc) is 2.96. The summed E-state index contributed by atoms with van der Waals surface area (Å²) in [6.45, 7) is 20.3. The van der Waals surface area contributed by atoms with Gasteiger partial charge in [-0.05, 0) is 62.0 Å². The molecule has 2 aliphatic carbocycles. The fourth-order valence-corrected chi connectivity index (χ4v) is 11.1. The third-order valence-corrected chi connectivity index (χ3v) is 12.0. The number of hydrogen-bond acceptors (Lipinski definition) is 3. The van der Waals surface area contributed by atoms with E-state index < -0.39 is 27.5 Å². The molecule has 0 saturated heterocycles. The highest BCUT2D eigenvalue weighted by atomic mass is 28.3. The van der Waals surface area contributed by atoms with Crippen LogP contribution in [0, 0.1) is 11.3 Å². The summed E-state index contributed by atoms with van der Waals surface area (Å²) in [6, 6.07) is 5.06. The van der Waals surface area contributed by atoms with Gasteiger partial charge in [-0.15, -0.1) is 0 Å². The molecule has 1 fully saturated rings. The molecule has 0 heterocycles. The molecule has 1 aromatic rings. The number of methoxy groups -OCH3 is 1. The van der Waals surface area contributed by atoms with Crippen LogP contribution >= 0.6 is 0 Å². The van der Waals surface area contributed by atoms with Gasteiger partial charge in [-0.3, -0.25) is 9.59 Å². The van der Waals surface area contributed by atoms with Gasteiger partial charge >= 0.3 is 5.97 Å². The van der Waals surface area contributed by atoms with E-state index in [9.17, 15) is 9.59 Å². The summed E-state index contributed by atoms with van der Waals surface area (Å²) >= 11 is 0. The van der Waals surface area contributed by atoms with Crippen molar-refractivity contribution in [2.75, 3.05) is 7.11 Å². The van der Waals surface area contributed by atoms with Gasteiger partial charge in [0.05, 0.1) is 23.3 Å². The van der Waals surface area contributed by atoms with Crippen molar-refractivity contribution in [1.29, 1.82) is 0 Å². The fourth-order valence-electron chi connectivity index (χ4n) is 5.93. The summed E-state index contributed by atoms with van der Waals surface area (Å²) in [5.41, 5.74) is 2.65. The minimum atomic E-state index is -1.44. The number of ketones is 1. The molecule has 0 spiro atoms. The van der Waals surface area contributed by atoms with Crippen molar-refractivity contribution in [3.8, 4) is 0 Å². The number of carbonyl (C=O) groups is 2. The quantitative estimate of drug-likeness (QED) is 0.253. The van der Waals surface area contributed by atoms with Crippen molar-refractivity contribution >= 4 is 38.3 Å². The Kier molecular flexibility index (Phi) is 6.35. The molecule has 0 aromatic heterocycles. The second-order valence-corrected chi connectivity index (χ2v) is 21.8. The van der Waals surface area contributed by atoms with Gasteiger partial charge in [-0.1, -0.05) is 73.9 Å². The summed E-state index contributed by atoms with van der Waals surface area (Å²) in [4.78, 5) is 25.4. The van der Waals surface area contributed by atoms with Crippen LogP contribution in [-0.2, 0) is 20.7 Å². The molecule has 31 heavy (non-hydrogen) atoms. The number of rotatable bonds is 7. The molecule has 0 radical (unpaired) electrons. The first-order valence-electron chi connectivity index (χ1n) is 11.7. The Bertz CT molecular complexity index is 920. The largest absolute Gasteiger partial charge is 0.468 e. The molecule has 170 valence electrons. The summed E-state index contributed by atoms with van der Waals surface area (Å²) in [7, 11) is -1.44. The molecule has 1 unspecified atom stereocenters. The molecule has 2 aliphatic rings.